The second-order valence-electron chi connectivity index (χ2n) is 9.88. The zero-order valence-corrected chi connectivity index (χ0v) is 22.3. The smallest absolute Gasteiger partial charge is 0.245 e. The quantitative estimate of drug-likeness (QED) is 0.251. The number of furan rings is 1. The van der Waals surface area contributed by atoms with E-state index in [0.29, 0.717) is 41.0 Å². The van der Waals surface area contributed by atoms with Crippen molar-refractivity contribution in [1.29, 1.82) is 0 Å². The lowest BCUT2D eigenvalue weighted by atomic mass is 10.0. The second-order valence-corrected chi connectivity index (χ2v) is 10.3. The van der Waals surface area contributed by atoms with Crippen molar-refractivity contribution >= 4 is 34.7 Å². The van der Waals surface area contributed by atoms with E-state index in [-0.39, 0.29) is 12.7 Å². The first-order valence-electron chi connectivity index (χ1n) is 13.0. The molecule has 6 rings (SSSR count). The van der Waals surface area contributed by atoms with Crippen LogP contribution in [0.3, 0.4) is 0 Å². The number of halogens is 2. The van der Waals surface area contributed by atoms with Gasteiger partial charge in [0.2, 0.25) is 11.6 Å². The largest absolute Gasteiger partial charge is 0.473 e. The number of rotatable bonds is 9. The van der Waals surface area contributed by atoms with E-state index in [1.807, 2.05) is 19.1 Å². The van der Waals surface area contributed by atoms with Gasteiger partial charge in [-0.1, -0.05) is 29.8 Å². The van der Waals surface area contributed by atoms with E-state index in [2.05, 4.69) is 20.5 Å². The Morgan fingerprint density at radius 1 is 1.26 bits per heavy atom. The number of carbonyl (C=O) groups is 1. The Balaban J connectivity index is 1.14. The summed E-state index contributed by atoms with van der Waals surface area (Å²) in [5.41, 5.74) is 4.59. The molecule has 0 saturated carbocycles. The van der Waals surface area contributed by atoms with Gasteiger partial charge in [-0.2, -0.15) is 4.98 Å². The van der Waals surface area contributed by atoms with Gasteiger partial charge in [0.25, 0.3) is 0 Å². The number of benzene rings is 1. The lowest BCUT2D eigenvalue weighted by molar-refractivity contribution is -0.0592. The Morgan fingerprint density at radius 2 is 2.13 bits per heavy atom. The van der Waals surface area contributed by atoms with Gasteiger partial charge in [-0.3, -0.25) is 9.69 Å². The monoisotopic (exact) mass is 550 g/mol. The molecule has 1 saturated heterocycles. The number of carbonyl (C=O) groups excluding carboxylic acids is 1. The first kappa shape index (κ1) is 25.7. The van der Waals surface area contributed by atoms with Crippen LogP contribution in [0.1, 0.15) is 46.0 Å². The van der Waals surface area contributed by atoms with Gasteiger partial charge in [0.1, 0.15) is 23.8 Å². The fourth-order valence-corrected chi connectivity index (χ4v) is 5.18. The van der Waals surface area contributed by atoms with E-state index in [1.165, 1.54) is 6.07 Å². The Labute approximate surface area is 230 Å². The molecule has 3 aromatic heterocycles. The van der Waals surface area contributed by atoms with Crippen molar-refractivity contribution in [1.82, 2.24) is 19.4 Å². The highest BCUT2D eigenvalue weighted by atomic mass is 35.5. The zero-order valence-electron chi connectivity index (χ0n) is 21.5. The minimum atomic E-state index is -0.401. The molecule has 5 heterocycles. The summed E-state index contributed by atoms with van der Waals surface area (Å²) >= 11 is 5.83. The number of aldehydes is 1. The number of fused-ring (bicyclic) bond motifs is 1. The third kappa shape index (κ3) is 5.34. The van der Waals surface area contributed by atoms with Crippen LogP contribution in [0.15, 0.2) is 46.9 Å². The van der Waals surface area contributed by atoms with Gasteiger partial charge in [-0.25, -0.2) is 9.37 Å². The lowest BCUT2D eigenvalue weighted by Crippen LogP contribution is -2.33. The molecule has 4 aromatic rings. The van der Waals surface area contributed by atoms with Crippen molar-refractivity contribution in [2.45, 2.75) is 45.6 Å². The predicted molar refractivity (Wildman–Crippen MR) is 144 cm³/mol. The van der Waals surface area contributed by atoms with Crippen LogP contribution >= 0.6 is 11.6 Å². The van der Waals surface area contributed by atoms with E-state index >= 15 is 0 Å². The van der Waals surface area contributed by atoms with Gasteiger partial charge in [0.15, 0.2) is 12.0 Å². The summed E-state index contributed by atoms with van der Waals surface area (Å²) in [6.45, 7) is 5.66. The average molecular weight is 551 g/mol. The molecule has 202 valence electrons. The third-order valence-corrected chi connectivity index (χ3v) is 7.57. The Bertz CT molecular complexity index is 1560. The van der Waals surface area contributed by atoms with Crippen LogP contribution in [0, 0.1) is 12.7 Å². The van der Waals surface area contributed by atoms with Crippen LogP contribution in [0.2, 0.25) is 5.02 Å². The number of hydrogen-bond acceptors (Lipinski definition) is 7. The SMILES string of the molecule is Cc1c(C=O)oc2nc(CN3CC=C(c4cccc(OCc5ccc(Cl)cc5F)n4)CC3)n(CC3CCO3)c12. The highest BCUT2D eigenvalue weighted by Gasteiger charge is 2.26. The van der Waals surface area contributed by atoms with E-state index in [1.54, 1.807) is 18.2 Å². The summed E-state index contributed by atoms with van der Waals surface area (Å²) in [5, 5.41) is 0.349. The van der Waals surface area contributed by atoms with Gasteiger partial charge >= 0.3 is 0 Å². The van der Waals surface area contributed by atoms with E-state index in [9.17, 15) is 9.18 Å². The molecule has 0 N–H and O–H groups in total. The number of aryl methyl sites for hydroxylation is 1. The summed E-state index contributed by atoms with van der Waals surface area (Å²) < 4.78 is 33.4. The summed E-state index contributed by atoms with van der Waals surface area (Å²) in [6, 6.07) is 10.2. The van der Waals surface area contributed by atoms with E-state index in [4.69, 9.17) is 30.5 Å². The average Bonchev–Trinajstić information content (AvgIpc) is 3.41. The van der Waals surface area contributed by atoms with Crippen LogP contribution in [0.4, 0.5) is 4.39 Å². The number of aromatic nitrogens is 3. The second kappa shape index (κ2) is 10.9. The molecule has 0 amide bonds. The van der Waals surface area contributed by atoms with Gasteiger partial charge in [-0.15, -0.1) is 0 Å². The first-order valence-corrected chi connectivity index (χ1v) is 13.4. The van der Waals surface area contributed by atoms with E-state index < -0.39 is 5.82 Å². The molecule has 0 radical (unpaired) electrons. The van der Waals surface area contributed by atoms with Crippen LogP contribution in [0.25, 0.3) is 16.8 Å². The molecular formula is C29H28ClFN4O4. The molecule has 1 aromatic carbocycles. The van der Waals surface area contributed by atoms with Crippen molar-refractivity contribution in [3.05, 3.63) is 81.7 Å². The van der Waals surface area contributed by atoms with Crippen LogP contribution in [-0.2, 0) is 24.4 Å². The molecule has 39 heavy (non-hydrogen) atoms. The fraction of sp³-hybridized carbons (Fsp3) is 0.345. The van der Waals surface area contributed by atoms with Crippen molar-refractivity contribution in [3.63, 3.8) is 0 Å². The molecule has 2 aliphatic rings. The molecule has 10 heteroatoms. The summed E-state index contributed by atoms with van der Waals surface area (Å²) in [5.74, 6) is 1.27. The van der Waals surface area contributed by atoms with Crippen molar-refractivity contribution in [2.24, 2.45) is 0 Å². The van der Waals surface area contributed by atoms with Crippen LogP contribution in [-0.4, -0.2) is 51.5 Å². The van der Waals surface area contributed by atoms with Crippen LogP contribution in [0.5, 0.6) is 5.88 Å². The highest BCUT2D eigenvalue weighted by molar-refractivity contribution is 6.30. The molecular weight excluding hydrogens is 523 g/mol. The van der Waals surface area contributed by atoms with Crippen molar-refractivity contribution in [3.8, 4) is 5.88 Å². The number of imidazole rings is 1. The molecule has 2 aliphatic heterocycles. The standard InChI is InChI=1S/C29H28ClFN4O4/c1-18-25(16-36)39-29-28(18)35(14-22-9-12-37-22)26(33-29)15-34-10-7-19(8-11-34)24-3-2-4-27(32-24)38-17-20-5-6-21(30)13-23(20)31/h2-7,13,16,22H,8-12,14-15,17H2,1H3. The normalized spacial score (nSPS) is 17.7. The minimum absolute atomic E-state index is 0.0710. The summed E-state index contributed by atoms with van der Waals surface area (Å²) in [7, 11) is 0. The lowest BCUT2D eigenvalue weighted by Gasteiger charge is -2.29. The van der Waals surface area contributed by atoms with Gasteiger partial charge in [0, 0.05) is 41.9 Å². The van der Waals surface area contributed by atoms with Gasteiger partial charge in [-0.05, 0) is 43.5 Å². The Kier molecular flexibility index (Phi) is 7.20. The van der Waals surface area contributed by atoms with Gasteiger partial charge in [0.05, 0.1) is 24.9 Å². The maximum Gasteiger partial charge on any atom is 0.245 e. The summed E-state index contributed by atoms with van der Waals surface area (Å²) in [4.78, 5) is 23.1. The molecule has 0 spiro atoms. The third-order valence-electron chi connectivity index (χ3n) is 7.33. The highest BCUT2D eigenvalue weighted by Crippen LogP contribution is 2.29. The number of ether oxygens (including phenoxy) is 2. The zero-order chi connectivity index (χ0) is 26.9. The Morgan fingerprint density at radius 3 is 2.85 bits per heavy atom. The van der Waals surface area contributed by atoms with Crippen LogP contribution < -0.4 is 4.74 Å². The molecule has 0 aliphatic carbocycles. The maximum atomic E-state index is 14.1. The number of pyridine rings is 1. The summed E-state index contributed by atoms with van der Waals surface area (Å²) in [6.07, 6.45) is 4.90. The van der Waals surface area contributed by atoms with E-state index in [0.717, 1.165) is 67.0 Å². The molecule has 1 fully saturated rings. The van der Waals surface area contributed by atoms with Crippen molar-refractivity contribution < 1.29 is 23.1 Å². The fourth-order valence-electron chi connectivity index (χ4n) is 5.02. The molecule has 1 atom stereocenters. The molecule has 1 unspecified atom stereocenters. The molecule has 8 nitrogen and oxygen atoms in total. The van der Waals surface area contributed by atoms with Crippen molar-refractivity contribution in [2.75, 3.05) is 19.7 Å². The minimum Gasteiger partial charge on any atom is -0.473 e. The predicted octanol–water partition coefficient (Wildman–Crippen LogP) is 5.59. The number of nitrogens with zero attached hydrogens (tertiary/aromatic N) is 4. The number of hydrogen-bond donors (Lipinski definition) is 0. The Hall–Kier alpha value is -3.53. The topological polar surface area (TPSA) is 82.6 Å². The van der Waals surface area contributed by atoms with Gasteiger partial charge < -0.3 is 18.5 Å². The maximum absolute atomic E-state index is 14.1. The first-order chi connectivity index (χ1) is 19.0. The molecule has 0 bridgehead atoms.